The summed E-state index contributed by atoms with van der Waals surface area (Å²) in [4.78, 5) is 8.59. The lowest BCUT2D eigenvalue weighted by molar-refractivity contribution is 0.333. The molecule has 2 N–H and O–H groups in total. The zero-order chi connectivity index (χ0) is 13.2. The molecule has 0 spiro atoms. The Kier molecular flexibility index (Phi) is 2.89. The van der Waals surface area contributed by atoms with E-state index in [9.17, 15) is 0 Å². The van der Waals surface area contributed by atoms with Gasteiger partial charge in [-0.05, 0) is 19.1 Å². The zero-order valence-electron chi connectivity index (χ0n) is 10.5. The quantitative estimate of drug-likeness (QED) is 0.778. The minimum Gasteiger partial charge on any atom is -0.417 e. The summed E-state index contributed by atoms with van der Waals surface area (Å²) in [6.07, 6.45) is 1.66. The number of para-hydroxylation sites is 1. The number of aromatic nitrogens is 2. The summed E-state index contributed by atoms with van der Waals surface area (Å²) in [6, 6.07) is 9.69. The van der Waals surface area contributed by atoms with Crippen LogP contribution in [0.5, 0.6) is 11.8 Å². The highest BCUT2D eigenvalue weighted by molar-refractivity contribution is 5.84. The van der Waals surface area contributed by atoms with Gasteiger partial charge in [0.2, 0.25) is 0 Å². The number of hydrogen-bond acceptors (Lipinski definition) is 5. The smallest absolute Gasteiger partial charge is 0.399 e. The predicted molar refractivity (Wildman–Crippen MR) is 70.9 cm³/mol. The van der Waals surface area contributed by atoms with Crippen molar-refractivity contribution in [1.82, 2.24) is 9.97 Å². The van der Waals surface area contributed by atoms with Gasteiger partial charge in [-0.15, -0.1) is 0 Å². The topological polar surface area (TPSA) is 74.2 Å². The molecular formula is C14H13N3O2. The number of oxazole rings is 1. The molecule has 0 radical (unpaired) electrons. The monoisotopic (exact) mass is 255 g/mol. The van der Waals surface area contributed by atoms with Gasteiger partial charge in [-0.25, -0.2) is 4.98 Å². The van der Waals surface area contributed by atoms with Crippen LogP contribution in [-0.4, -0.2) is 9.97 Å². The summed E-state index contributed by atoms with van der Waals surface area (Å²) in [6.45, 7) is 2.26. The third-order valence-electron chi connectivity index (χ3n) is 2.76. The van der Waals surface area contributed by atoms with Gasteiger partial charge in [-0.1, -0.05) is 18.2 Å². The first kappa shape index (κ1) is 11.7. The third-order valence-corrected chi connectivity index (χ3v) is 2.76. The fourth-order valence-corrected chi connectivity index (χ4v) is 1.82. The first-order valence-corrected chi connectivity index (χ1v) is 5.95. The molecule has 0 saturated carbocycles. The normalized spacial score (nSPS) is 10.8. The molecule has 2 heterocycles. The number of nitrogens with zero attached hydrogens (tertiary/aromatic N) is 2. The Balaban J connectivity index is 2.02. The van der Waals surface area contributed by atoms with E-state index < -0.39 is 0 Å². The molecular weight excluding hydrogens is 242 g/mol. The van der Waals surface area contributed by atoms with Crippen molar-refractivity contribution in [3.63, 3.8) is 0 Å². The molecule has 0 fully saturated rings. The van der Waals surface area contributed by atoms with Crippen LogP contribution in [0.3, 0.4) is 0 Å². The van der Waals surface area contributed by atoms with Gasteiger partial charge < -0.3 is 14.9 Å². The molecule has 0 saturated heterocycles. The zero-order valence-corrected chi connectivity index (χ0v) is 10.5. The number of benzene rings is 1. The maximum absolute atomic E-state index is 5.63. The predicted octanol–water partition coefficient (Wildman–Crippen LogP) is 2.78. The molecule has 96 valence electrons. The minimum atomic E-state index is 0.177. The molecule has 0 atom stereocenters. The fourth-order valence-electron chi connectivity index (χ4n) is 1.82. The molecule has 5 nitrogen and oxygen atoms in total. The Morgan fingerprint density at radius 3 is 2.89 bits per heavy atom. The van der Waals surface area contributed by atoms with E-state index in [1.165, 1.54) is 6.26 Å². The molecule has 0 aliphatic rings. The number of pyridine rings is 1. The lowest BCUT2D eigenvalue weighted by atomic mass is 10.2. The van der Waals surface area contributed by atoms with Gasteiger partial charge in [0.25, 0.3) is 0 Å². The Hall–Kier alpha value is -2.40. The van der Waals surface area contributed by atoms with E-state index in [0.717, 1.165) is 16.6 Å². The molecule has 5 heteroatoms. The van der Waals surface area contributed by atoms with E-state index >= 15 is 0 Å². The standard InChI is InChI=1S/C14H13N3O2/c1-9-5-6-10-3-2-4-12(13(10)16-9)19-14-17-11(7-15)8-18-14/h2-6,8H,7,15H2,1H3. The summed E-state index contributed by atoms with van der Waals surface area (Å²) in [5, 5.41) is 1.01. The second kappa shape index (κ2) is 4.70. The Bertz CT molecular complexity index is 722. The molecule has 0 aliphatic heterocycles. The van der Waals surface area contributed by atoms with Crippen molar-refractivity contribution in [3.8, 4) is 11.8 Å². The molecule has 0 aliphatic carbocycles. The number of aryl methyl sites for hydroxylation is 1. The Morgan fingerprint density at radius 1 is 1.21 bits per heavy atom. The first-order chi connectivity index (χ1) is 9.26. The Morgan fingerprint density at radius 2 is 2.11 bits per heavy atom. The first-order valence-electron chi connectivity index (χ1n) is 5.95. The van der Waals surface area contributed by atoms with E-state index in [2.05, 4.69) is 9.97 Å². The van der Waals surface area contributed by atoms with Gasteiger partial charge in [0, 0.05) is 17.6 Å². The average molecular weight is 255 g/mol. The number of nitrogens with two attached hydrogens (primary N) is 1. The lowest BCUT2D eigenvalue weighted by Gasteiger charge is -2.05. The summed E-state index contributed by atoms with van der Waals surface area (Å²) in [7, 11) is 0. The van der Waals surface area contributed by atoms with Gasteiger partial charge in [0.1, 0.15) is 11.8 Å². The highest BCUT2D eigenvalue weighted by atomic mass is 16.6. The summed E-state index contributed by atoms with van der Waals surface area (Å²) >= 11 is 0. The molecule has 0 bridgehead atoms. The molecule has 19 heavy (non-hydrogen) atoms. The van der Waals surface area contributed by atoms with Gasteiger partial charge >= 0.3 is 6.08 Å². The van der Waals surface area contributed by atoms with Crippen LogP contribution < -0.4 is 10.5 Å². The Labute approximate surface area is 110 Å². The maximum atomic E-state index is 5.63. The van der Waals surface area contributed by atoms with E-state index in [1.54, 1.807) is 0 Å². The van der Waals surface area contributed by atoms with Crippen molar-refractivity contribution in [3.05, 3.63) is 48.0 Å². The fraction of sp³-hybridized carbons (Fsp3) is 0.143. The number of fused-ring (bicyclic) bond motifs is 1. The number of ether oxygens (including phenoxy) is 1. The van der Waals surface area contributed by atoms with Crippen LogP contribution in [0.2, 0.25) is 0 Å². The summed E-state index contributed by atoms with van der Waals surface area (Å²) in [5.41, 5.74) is 7.85. The average Bonchev–Trinajstić information content (AvgIpc) is 2.87. The third kappa shape index (κ3) is 2.28. The largest absolute Gasteiger partial charge is 0.417 e. The van der Waals surface area contributed by atoms with Crippen LogP contribution in [0.4, 0.5) is 0 Å². The van der Waals surface area contributed by atoms with Crippen LogP contribution in [0.1, 0.15) is 11.4 Å². The van der Waals surface area contributed by atoms with E-state index in [0.29, 0.717) is 18.0 Å². The second-order valence-corrected chi connectivity index (χ2v) is 4.19. The highest BCUT2D eigenvalue weighted by Gasteiger charge is 2.09. The highest BCUT2D eigenvalue weighted by Crippen LogP contribution is 2.28. The van der Waals surface area contributed by atoms with Gasteiger partial charge in [-0.3, -0.25) is 0 Å². The molecule has 3 aromatic rings. The summed E-state index contributed by atoms with van der Waals surface area (Å²) in [5.74, 6) is 0.617. The minimum absolute atomic E-state index is 0.177. The molecule has 1 aromatic carbocycles. The van der Waals surface area contributed by atoms with Gasteiger partial charge in [0.05, 0.1) is 5.69 Å². The SMILES string of the molecule is Cc1ccc2cccc(Oc3nc(CN)co3)c2n1. The van der Waals surface area contributed by atoms with Crippen LogP contribution in [0.25, 0.3) is 10.9 Å². The van der Waals surface area contributed by atoms with Crippen molar-refractivity contribution >= 4 is 10.9 Å². The van der Waals surface area contributed by atoms with E-state index in [1.807, 2.05) is 37.3 Å². The van der Waals surface area contributed by atoms with E-state index in [4.69, 9.17) is 14.9 Å². The van der Waals surface area contributed by atoms with E-state index in [-0.39, 0.29) is 6.08 Å². The maximum Gasteiger partial charge on any atom is 0.399 e. The lowest BCUT2D eigenvalue weighted by Crippen LogP contribution is -1.96. The number of hydrogen-bond donors (Lipinski definition) is 1. The van der Waals surface area contributed by atoms with Crippen LogP contribution in [-0.2, 0) is 6.54 Å². The van der Waals surface area contributed by atoms with Gasteiger partial charge in [-0.2, -0.15) is 4.98 Å². The van der Waals surface area contributed by atoms with Crippen molar-refractivity contribution in [2.45, 2.75) is 13.5 Å². The molecule has 0 amide bonds. The molecule has 0 unspecified atom stereocenters. The van der Waals surface area contributed by atoms with Crippen molar-refractivity contribution in [2.75, 3.05) is 0 Å². The molecule has 2 aromatic heterocycles. The van der Waals surface area contributed by atoms with Crippen LogP contribution >= 0.6 is 0 Å². The van der Waals surface area contributed by atoms with Crippen LogP contribution in [0, 0.1) is 6.92 Å². The van der Waals surface area contributed by atoms with Crippen molar-refractivity contribution in [2.24, 2.45) is 5.73 Å². The van der Waals surface area contributed by atoms with Crippen LogP contribution in [0.15, 0.2) is 41.0 Å². The van der Waals surface area contributed by atoms with Crippen molar-refractivity contribution in [1.29, 1.82) is 0 Å². The molecule has 3 rings (SSSR count). The van der Waals surface area contributed by atoms with Gasteiger partial charge in [0.15, 0.2) is 5.75 Å². The number of rotatable bonds is 3. The second-order valence-electron chi connectivity index (χ2n) is 4.19. The van der Waals surface area contributed by atoms with Crippen molar-refractivity contribution < 1.29 is 9.15 Å². The summed E-state index contributed by atoms with van der Waals surface area (Å²) < 4.78 is 10.8.